The molecule has 212 valence electrons. The van der Waals surface area contributed by atoms with Crippen LogP contribution in [0.2, 0.25) is 0 Å². The van der Waals surface area contributed by atoms with Gasteiger partial charge in [-0.1, -0.05) is 15.2 Å². The van der Waals surface area contributed by atoms with Crippen molar-refractivity contribution in [2.75, 3.05) is 26.1 Å². The number of nitrogens with zero attached hydrogens (tertiary/aromatic N) is 3. The minimum atomic E-state index is -1.48. The minimum absolute atomic E-state index is 0.0130. The average molecular weight is 567 g/mol. The Balaban J connectivity index is 0.000000354. The Kier molecular flexibility index (Phi) is 12.9. The van der Waals surface area contributed by atoms with Gasteiger partial charge in [0, 0.05) is 45.1 Å². The third-order valence-corrected chi connectivity index (χ3v) is 4.42. The molecule has 3 aliphatic rings. The van der Waals surface area contributed by atoms with Gasteiger partial charge >= 0.3 is 12.3 Å². The Labute approximate surface area is 222 Å². The highest BCUT2D eigenvalue weighted by molar-refractivity contribution is 7.79. The summed E-state index contributed by atoms with van der Waals surface area (Å²) in [6.07, 6.45) is -2.19. The molecule has 1 N–H and O–H groups in total. The zero-order chi connectivity index (χ0) is 29.5. The molecule has 0 saturated carbocycles. The van der Waals surface area contributed by atoms with Crippen molar-refractivity contribution in [2.24, 2.45) is 0 Å². The Hall–Kier alpha value is -3.77. The van der Waals surface area contributed by atoms with Crippen LogP contribution in [0.5, 0.6) is 0 Å². The van der Waals surface area contributed by atoms with Crippen LogP contribution in [0.25, 0.3) is 0 Å². The van der Waals surface area contributed by atoms with Crippen LogP contribution in [-0.4, -0.2) is 101 Å². The Morgan fingerprint density at radius 1 is 0.763 bits per heavy atom. The molecule has 6 amide bonds. The first kappa shape index (κ1) is 30.5. The molecule has 0 aromatic heterocycles. The van der Waals surface area contributed by atoms with Gasteiger partial charge < -0.3 is 14.6 Å². The fourth-order valence-corrected chi connectivity index (χ4v) is 2.71. The largest absolute Gasteiger partial charge is 0.560 e. The molecule has 3 rings (SSSR count). The maximum absolute atomic E-state index is 11.2. The lowest BCUT2D eigenvalue weighted by Gasteiger charge is -2.15. The highest BCUT2D eigenvalue weighted by atomic mass is 32.1. The molecule has 38 heavy (non-hydrogen) atoms. The van der Waals surface area contributed by atoms with Crippen LogP contribution in [0.15, 0.2) is 0 Å². The summed E-state index contributed by atoms with van der Waals surface area (Å²) in [5, 5.41) is 10.2. The number of carbonyl (C=O) groups excluding carboxylic acids is 8. The number of imide groups is 3. The standard InChI is InChI=1S/C10H15NO7.C9H8N2O7.CH4S/c1-2-16-5-7(12)6-17-10(15)18-11-8(13)3-4-9(11)14;12-5-1-2-6(13)10(5)17-9(16)18-11-7(14)3-4-8(11)15;1-2/h7,12H,2-6H2,1H3;1-4H2;2H,1H3/i/hD. The van der Waals surface area contributed by atoms with E-state index in [1.54, 1.807) is 13.2 Å². The van der Waals surface area contributed by atoms with Gasteiger partial charge in [-0.15, -0.1) is 0 Å². The molecule has 3 heterocycles. The zero-order valence-electron chi connectivity index (χ0n) is 21.4. The Morgan fingerprint density at radius 2 is 1.08 bits per heavy atom. The van der Waals surface area contributed by atoms with Crippen molar-refractivity contribution < 1.29 is 67.4 Å². The van der Waals surface area contributed by atoms with Gasteiger partial charge in [-0.3, -0.25) is 43.3 Å². The Morgan fingerprint density at radius 3 is 1.39 bits per heavy atom. The van der Waals surface area contributed by atoms with Crippen molar-refractivity contribution in [2.45, 2.75) is 51.6 Å². The highest BCUT2D eigenvalue weighted by Crippen LogP contribution is 2.16. The van der Waals surface area contributed by atoms with Crippen molar-refractivity contribution in [1.82, 2.24) is 15.2 Å². The second-order valence-corrected chi connectivity index (χ2v) is 7.14. The predicted molar refractivity (Wildman–Crippen MR) is 121 cm³/mol. The second kappa shape index (κ2) is 16.2. The van der Waals surface area contributed by atoms with E-state index in [0.717, 1.165) is 12.5 Å². The first-order valence-corrected chi connectivity index (χ1v) is 11.8. The summed E-state index contributed by atoms with van der Waals surface area (Å²) in [5.74, 6) is -3.92. The summed E-state index contributed by atoms with van der Waals surface area (Å²) in [7, 11) is 0. The molecular formula is C20H27N3O14S. The number of rotatable bonds is 8. The van der Waals surface area contributed by atoms with E-state index < -0.39 is 53.9 Å². The van der Waals surface area contributed by atoms with Gasteiger partial charge in [-0.25, -0.2) is 4.79 Å². The molecule has 0 bridgehead atoms. The molecule has 0 aliphatic carbocycles. The highest BCUT2D eigenvalue weighted by Gasteiger charge is 2.37. The number of thiol groups is 1. The maximum atomic E-state index is 11.2. The number of aliphatic hydroxyl groups excluding tert-OH is 1. The number of hydrogen-bond donors (Lipinski definition) is 2. The van der Waals surface area contributed by atoms with Crippen molar-refractivity contribution in [3.8, 4) is 0 Å². The van der Waals surface area contributed by atoms with E-state index in [1.807, 2.05) is 0 Å². The second-order valence-electron chi connectivity index (χ2n) is 7.14. The SMILES string of the molecule is CCOCC(O)COC(=O)ON1C(=O)CCC1=O.O=C(ON1C(=O)CCC1=O)ON1C(=O)CCC1=O.[2H]SC. The lowest BCUT2D eigenvalue weighted by atomic mass is 10.4. The van der Waals surface area contributed by atoms with Crippen molar-refractivity contribution in [3.63, 3.8) is 0 Å². The van der Waals surface area contributed by atoms with Crippen molar-refractivity contribution in [1.29, 1.82) is 1.12 Å². The van der Waals surface area contributed by atoms with Gasteiger partial charge in [0.05, 0.1) is 6.61 Å². The third-order valence-electron chi connectivity index (χ3n) is 4.42. The van der Waals surface area contributed by atoms with E-state index in [1.165, 1.54) is 0 Å². The minimum Gasteiger partial charge on any atom is -0.430 e. The molecule has 0 aromatic carbocycles. The molecule has 0 spiro atoms. The molecule has 0 radical (unpaired) electrons. The molecule has 3 fully saturated rings. The molecule has 3 aliphatic heterocycles. The van der Waals surface area contributed by atoms with Gasteiger partial charge in [0.25, 0.3) is 35.4 Å². The molecule has 17 nitrogen and oxygen atoms in total. The van der Waals surface area contributed by atoms with Crippen LogP contribution in [-0.2, 0) is 52.8 Å². The number of aliphatic hydroxyl groups is 1. The van der Waals surface area contributed by atoms with Gasteiger partial charge in [0.15, 0.2) is 0 Å². The number of hydrogen-bond acceptors (Lipinski definition) is 15. The van der Waals surface area contributed by atoms with E-state index in [0.29, 0.717) is 11.7 Å². The monoisotopic (exact) mass is 566 g/mol. The lowest BCUT2D eigenvalue weighted by molar-refractivity contribution is -0.198. The van der Waals surface area contributed by atoms with Gasteiger partial charge in [0.2, 0.25) is 0 Å². The summed E-state index contributed by atoms with van der Waals surface area (Å²) in [5.41, 5.74) is 0. The smallest absolute Gasteiger partial charge is 0.430 e. The molecular weight excluding hydrogens is 538 g/mol. The predicted octanol–water partition coefficient (Wildman–Crippen LogP) is -0.585. The van der Waals surface area contributed by atoms with E-state index >= 15 is 0 Å². The summed E-state index contributed by atoms with van der Waals surface area (Å²) < 4.78 is 15.5. The first-order valence-electron chi connectivity index (χ1n) is 11.4. The molecule has 18 heteroatoms. The topological polar surface area (TPSA) is 213 Å². The van der Waals surface area contributed by atoms with Gasteiger partial charge in [-0.05, 0) is 13.2 Å². The summed E-state index contributed by atoms with van der Waals surface area (Å²) >= 11 is 1.000. The third kappa shape index (κ3) is 9.94. The molecule has 1 unspecified atom stereocenters. The number of ether oxygens (including phenoxy) is 2. The van der Waals surface area contributed by atoms with E-state index in [4.69, 9.17) is 5.86 Å². The number of amides is 6. The van der Waals surface area contributed by atoms with Crippen LogP contribution >= 0.6 is 12.5 Å². The van der Waals surface area contributed by atoms with E-state index in [9.17, 15) is 43.5 Å². The molecule has 0 aromatic rings. The fourth-order valence-electron chi connectivity index (χ4n) is 2.71. The molecule has 1 atom stereocenters. The zero-order valence-corrected chi connectivity index (χ0v) is 21.3. The average Bonchev–Trinajstić information content (AvgIpc) is 3.50. The van der Waals surface area contributed by atoms with Crippen LogP contribution in [0.3, 0.4) is 0 Å². The first-order chi connectivity index (χ1) is 18.4. The molecule has 3 saturated heterocycles. The van der Waals surface area contributed by atoms with Crippen molar-refractivity contribution in [3.05, 3.63) is 0 Å². The van der Waals surface area contributed by atoms with E-state index in [2.05, 4.69) is 19.2 Å². The Bertz CT molecular complexity index is 876. The summed E-state index contributed by atoms with van der Waals surface area (Å²) in [6, 6.07) is 0. The number of hydroxylamine groups is 6. The fraction of sp³-hybridized carbons (Fsp3) is 0.600. The summed E-state index contributed by atoms with van der Waals surface area (Å²) in [6.45, 7) is 1.87. The van der Waals surface area contributed by atoms with Gasteiger partial charge in [0.1, 0.15) is 13.8 Å². The maximum Gasteiger partial charge on any atom is 0.560 e. The normalized spacial score (nSPS) is 17.9. The van der Waals surface area contributed by atoms with Crippen LogP contribution in [0.4, 0.5) is 9.59 Å². The van der Waals surface area contributed by atoms with Crippen molar-refractivity contribution >= 4 is 60.3 Å². The van der Waals surface area contributed by atoms with Crippen LogP contribution in [0.1, 0.15) is 45.4 Å². The van der Waals surface area contributed by atoms with E-state index in [-0.39, 0.29) is 61.9 Å². The number of carbonyl (C=O) groups is 8. The van der Waals surface area contributed by atoms with Crippen LogP contribution in [0, 0.1) is 0 Å². The lowest BCUT2D eigenvalue weighted by Crippen LogP contribution is -2.37. The quantitative estimate of drug-likeness (QED) is 0.214. The van der Waals surface area contributed by atoms with Crippen LogP contribution < -0.4 is 0 Å². The summed E-state index contributed by atoms with van der Waals surface area (Å²) in [4.78, 5) is 102. The van der Waals surface area contributed by atoms with Gasteiger partial charge in [-0.2, -0.15) is 17.3 Å².